The van der Waals surface area contributed by atoms with Crippen molar-refractivity contribution in [2.75, 3.05) is 5.32 Å². The Morgan fingerprint density at radius 1 is 1.12 bits per heavy atom. The van der Waals surface area contributed by atoms with Crippen LogP contribution in [0.2, 0.25) is 0 Å². The summed E-state index contributed by atoms with van der Waals surface area (Å²) in [6.45, 7) is 3.89. The van der Waals surface area contributed by atoms with Crippen molar-refractivity contribution in [3.63, 3.8) is 0 Å². The normalized spacial score (nSPS) is 11.2. The molecule has 2 heterocycles. The molecule has 1 amide bonds. The summed E-state index contributed by atoms with van der Waals surface area (Å²) in [5.41, 5.74) is 3.43. The second-order valence-electron chi connectivity index (χ2n) is 6.97. The summed E-state index contributed by atoms with van der Waals surface area (Å²) in [5.74, 6) is -0.130. The number of rotatable bonds is 6. The molecule has 32 heavy (non-hydrogen) atoms. The van der Waals surface area contributed by atoms with Crippen LogP contribution in [0.5, 0.6) is 0 Å². The molecule has 0 spiro atoms. The fourth-order valence-corrected chi connectivity index (χ4v) is 3.83. The Labute approximate surface area is 188 Å². The molecule has 9 heteroatoms. The van der Waals surface area contributed by atoms with E-state index in [2.05, 4.69) is 20.8 Å². The number of benzene rings is 2. The number of nitrogens with zero attached hydrogens (tertiary/aromatic N) is 5. The highest BCUT2D eigenvalue weighted by molar-refractivity contribution is 7.99. The molecule has 4 rings (SSSR count). The van der Waals surface area contributed by atoms with E-state index < -0.39 is 5.91 Å². The maximum absolute atomic E-state index is 12.6. The van der Waals surface area contributed by atoms with Crippen molar-refractivity contribution in [1.29, 1.82) is 5.26 Å². The van der Waals surface area contributed by atoms with Gasteiger partial charge in [0, 0.05) is 11.8 Å². The lowest BCUT2D eigenvalue weighted by atomic mass is 10.1. The SMILES string of the molecule is Cc1cc(C)cc(NC(=O)/C(C#N)=C/c2ccc(Sc3nnnn3-c3ccccc3)o2)c1. The summed E-state index contributed by atoms with van der Waals surface area (Å²) in [4.78, 5) is 12.6. The van der Waals surface area contributed by atoms with E-state index in [9.17, 15) is 10.1 Å². The average molecular weight is 443 g/mol. The Bertz CT molecular complexity index is 1310. The average Bonchev–Trinajstić information content (AvgIpc) is 3.41. The Morgan fingerprint density at radius 3 is 2.59 bits per heavy atom. The van der Waals surface area contributed by atoms with Gasteiger partial charge in [0.2, 0.25) is 5.16 Å². The number of furan rings is 1. The van der Waals surface area contributed by atoms with Crippen molar-refractivity contribution in [2.45, 2.75) is 24.1 Å². The number of nitriles is 1. The largest absolute Gasteiger partial charge is 0.450 e. The van der Waals surface area contributed by atoms with Crippen LogP contribution >= 0.6 is 11.8 Å². The monoisotopic (exact) mass is 442 g/mol. The van der Waals surface area contributed by atoms with Crippen molar-refractivity contribution in [1.82, 2.24) is 20.2 Å². The molecule has 0 aliphatic rings. The molecular weight excluding hydrogens is 424 g/mol. The zero-order valence-corrected chi connectivity index (χ0v) is 18.1. The predicted octanol–water partition coefficient (Wildman–Crippen LogP) is 4.57. The van der Waals surface area contributed by atoms with E-state index in [1.165, 1.54) is 17.8 Å². The number of nitrogens with one attached hydrogen (secondary N) is 1. The number of tetrazole rings is 1. The summed E-state index contributed by atoms with van der Waals surface area (Å²) >= 11 is 1.23. The minimum atomic E-state index is -0.504. The first kappa shape index (κ1) is 21.1. The lowest BCUT2D eigenvalue weighted by molar-refractivity contribution is -0.112. The molecule has 0 unspecified atom stereocenters. The Balaban J connectivity index is 1.50. The second kappa shape index (κ2) is 9.32. The first-order chi connectivity index (χ1) is 15.5. The van der Waals surface area contributed by atoms with Crippen LogP contribution in [0.15, 0.2) is 80.9 Å². The predicted molar refractivity (Wildman–Crippen MR) is 120 cm³/mol. The maximum atomic E-state index is 12.6. The molecule has 2 aromatic carbocycles. The van der Waals surface area contributed by atoms with Crippen LogP contribution in [0.4, 0.5) is 5.69 Å². The van der Waals surface area contributed by atoms with Gasteiger partial charge in [-0.3, -0.25) is 4.79 Å². The lowest BCUT2D eigenvalue weighted by Crippen LogP contribution is -2.13. The van der Waals surface area contributed by atoms with Crippen molar-refractivity contribution in [3.05, 3.63) is 83.1 Å². The van der Waals surface area contributed by atoms with Crippen LogP contribution in [0.3, 0.4) is 0 Å². The molecule has 8 nitrogen and oxygen atoms in total. The molecule has 1 N–H and O–H groups in total. The highest BCUT2D eigenvalue weighted by Gasteiger charge is 2.14. The highest BCUT2D eigenvalue weighted by Crippen LogP contribution is 2.29. The van der Waals surface area contributed by atoms with Gasteiger partial charge in [-0.25, -0.2) is 0 Å². The second-order valence-corrected chi connectivity index (χ2v) is 7.94. The van der Waals surface area contributed by atoms with Gasteiger partial charge in [-0.1, -0.05) is 24.3 Å². The van der Waals surface area contributed by atoms with Crippen LogP contribution in [0, 0.1) is 25.2 Å². The van der Waals surface area contributed by atoms with Gasteiger partial charge in [0.25, 0.3) is 5.91 Å². The van der Waals surface area contributed by atoms with Gasteiger partial charge < -0.3 is 9.73 Å². The van der Waals surface area contributed by atoms with Gasteiger partial charge in [-0.05, 0) is 83.6 Å². The van der Waals surface area contributed by atoms with Crippen molar-refractivity contribution in [2.24, 2.45) is 0 Å². The zero-order chi connectivity index (χ0) is 22.5. The van der Waals surface area contributed by atoms with Crippen LogP contribution in [0.1, 0.15) is 16.9 Å². The zero-order valence-electron chi connectivity index (χ0n) is 17.3. The molecule has 0 saturated heterocycles. The lowest BCUT2D eigenvalue weighted by Gasteiger charge is -2.06. The van der Waals surface area contributed by atoms with Crippen LogP contribution in [-0.4, -0.2) is 26.1 Å². The van der Waals surface area contributed by atoms with Crippen molar-refractivity contribution < 1.29 is 9.21 Å². The molecule has 4 aromatic rings. The Kier molecular flexibility index (Phi) is 6.14. The number of hydrogen-bond acceptors (Lipinski definition) is 7. The minimum absolute atomic E-state index is 0.0656. The van der Waals surface area contributed by atoms with E-state index in [1.54, 1.807) is 16.8 Å². The van der Waals surface area contributed by atoms with Gasteiger partial charge in [0.1, 0.15) is 17.4 Å². The molecular formula is C23H18N6O2S. The number of amides is 1. The van der Waals surface area contributed by atoms with Gasteiger partial charge >= 0.3 is 0 Å². The third kappa shape index (κ3) is 4.94. The van der Waals surface area contributed by atoms with Crippen molar-refractivity contribution >= 4 is 29.4 Å². The summed E-state index contributed by atoms with van der Waals surface area (Å²) in [7, 11) is 0. The fourth-order valence-electron chi connectivity index (χ4n) is 3.07. The molecule has 2 aromatic heterocycles. The molecule has 0 saturated carbocycles. The Morgan fingerprint density at radius 2 is 1.88 bits per heavy atom. The number of para-hydroxylation sites is 1. The smallest absolute Gasteiger partial charge is 0.266 e. The summed E-state index contributed by atoms with van der Waals surface area (Å²) in [6, 6.07) is 20.5. The minimum Gasteiger partial charge on any atom is -0.450 e. The Hall–Kier alpha value is -4.16. The molecule has 0 atom stereocenters. The van der Waals surface area contributed by atoms with E-state index in [-0.39, 0.29) is 5.57 Å². The number of carbonyl (C=O) groups excluding carboxylic acids is 1. The quantitative estimate of drug-likeness (QED) is 0.344. The van der Waals surface area contributed by atoms with Crippen molar-refractivity contribution in [3.8, 4) is 11.8 Å². The van der Waals surface area contributed by atoms with E-state index in [1.807, 2.05) is 68.4 Å². The van der Waals surface area contributed by atoms with Crippen LogP contribution < -0.4 is 5.32 Å². The fraction of sp³-hybridized carbons (Fsp3) is 0.0870. The maximum Gasteiger partial charge on any atom is 0.266 e. The highest BCUT2D eigenvalue weighted by atomic mass is 32.2. The first-order valence-corrected chi connectivity index (χ1v) is 10.5. The van der Waals surface area contributed by atoms with Gasteiger partial charge in [-0.2, -0.15) is 9.94 Å². The number of carbonyl (C=O) groups is 1. The molecule has 0 radical (unpaired) electrons. The standard InChI is InChI=1S/C23H18N6O2S/c1-15-10-16(2)12-18(11-15)25-22(30)17(14-24)13-20-8-9-21(31-20)32-23-26-27-28-29(23)19-6-4-3-5-7-19/h3-13H,1-2H3,(H,25,30)/b17-13+. The van der Waals surface area contributed by atoms with Crippen LogP contribution in [0.25, 0.3) is 11.8 Å². The number of hydrogen-bond donors (Lipinski definition) is 1. The van der Waals surface area contributed by atoms with Gasteiger partial charge in [-0.15, -0.1) is 5.10 Å². The van der Waals surface area contributed by atoms with E-state index >= 15 is 0 Å². The summed E-state index contributed by atoms with van der Waals surface area (Å²) in [6.07, 6.45) is 1.40. The molecule has 158 valence electrons. The van der Waals surface area contributed by atoms with Gasteiger partial charge in [0.15, 0.2) is 5.09 Å². The van der Waals surface area contributed by atoms with E-state index in [0.29, 0.717) is 21.7 Å². The molecule has 0 fully saturated rings. The van der Waals surface area contributed by atoms with E-state index in [0.717, 1.165) is 16.8 Å². The van der Waals surface area contributed by atoms with E-state index in [4.69, 9.17) is 4.42 Å². The molecule has 0 aliphatic heterocycles. The number of anilines is 1. The third-order valence-corrected chi connectivity index (χ3v) is 5.22. The number of aromatic nitrogens is 4. The first-order valence-electron chi connectivity index (χ1n) is 9.65. The molecule has 0 aliphatic carbocycles. The summed E-state index contributed by atoms with van der Waals surface area (Å²) < 4.78 is 7.36. The third-order valence-electron chi connectivity index (χ3n) is 4.37. The molecule has 0 bridgehead atoms. The number of aryl methyl sites for hydroxylation is 2. The summed E-state index contributed by atoms with van der Waals surface area (Å²) in [5, 5.41) is 25.0. The topological polar surface area (TPSA) is 110 Å². The van der Waals surface area contributed by atoms with Crippen LogP contribution in [-0.2, 0) is 4.79 Å². The van der Waals surface area contributed by atoms with Gasteiger partial charge in [0.05, 0.1) is 5.69 Å².